The van der Waals surface area contributed by atoms with E-state index in [9.17, 15) is 4.79 Å². The number of nitrogens with one attached hydrogen (secondary N) is 2. The van der Waals surface area contributed by atoms with Crippen molar-refractivity contribution in [1.82, 2.24) is 25.1 Å². The number of imidazole rings is 1. The zero-order chi connectivity index (χ0) is 13.1. The molecule has 2 rings (SSSR count). The summed E-state index contributed by atoms with van der Waals surface area (Å²) in [4.78, 5) is 19.2. The van der Waals surface area contributed by atoms with Crippen molar-refractivity contribution < 1.29 is 4.79 Å². The summed E-state index contributed by atoms with van der Waals surface area (Å²) in [5, 5.41) is 7.15. The number of aromatic nitrogens is 4. The number of hydrogen-bond donors (Lipinski definition) is 2. The molecule has 2 N–H and O–H groups in total. The highest BCUT2D eigenvalue weighted by Gasteiger charge is 2.17. The lowest BCUT2D eigenvalue weighted by Crippen LogP contribution is -2.27. The van der Waals surface area contributed by atoms with Crippen LogP contribution in [0.15, 0.2) is 18.6 Å². The highest BCUT2D eigenvalue weighted by molar-refractivity contribution is 5.95. The Balaban J connectivity index is 2.12. The molecule has 0 spiro atoms. The van der Waals surface area contributed by atoms with Gasteiger partial charge in [-0.15, -0.1) is 0 Å². The standard InChI is InChI=1S/C12H17N5O/c1-4-10-9(7-17(3)16-10)12(18)15-8(2)11-13-5-6-14-11/h5-8H,4H2,1-3H3,(H,13,14)(H,15,18). The summed E-state index contributed by atoms with van der Waals surface area (Å²) >= 11 is 0. The van der Waals surface area contributed by atoms with Crippen LogP contribution < -0.4 is 5.32 Å². The van der Waals surface area contributed by atoms with Crippen LogP contribution >= 0.6 is 0 Å². The van der Waals surface area contributed by atoms with Gasteiger partial charge in [0.2, 0.25) is 0 Å². The van der Waals surface area contributed by atoms with Crippen LogP contribution in [0.2, 0.25) is 0 Å². The molecule has 0 aliphatic heterocycles. The summed E-state index contributed by atoms with van der Waals surface area (Å²) in [6.45, 7) is 3.87. The van der Waals surface area contributed by atoms with E-state index in [0.717, 1.165) is 17.9 Å². The largest absolute Gasteiger partial charge is 0.347 e. The fourth-order valence-electron chi connectivity index (χ4n) is 1.84. The third kappa shape index (κ3) is 2.42. The highest BCUT2D eigenvalue weighted by Crippen LogP contribution is 2.11. The third-order valence-corrected chi connectivity index (χ3v) is 2.76. The molecule has 0 bridgehead atoms. The Morgan fingerprint density at radius 1 is 1.61 bits per heavy atom. The van der Waals surface area contributed by atoms with Gasteiger partial charge in [0, 0.05) is 25.6 Å². The molecule has 1 atom stereocenters. The maximum atomic E-state index is 12.1. The molecular formula is C12H17N5O. The van der Waals surface area contributed by atoms with Gasteiger partial charge in [0.15, 0.2) is 0 Å². The Bertz CT molecular complexity index is 529. The van der Waals surface area contributed by atoms with Crippen LogP contribution in [0.1, 0.15) is 41.8 Å². The highest BCUT2D eigenvalue weighted by atomic mass is 16.1. The molecule has 6 nitrogen and oxygen atoms in total. The number of hydrogen-bond acceptors (Lipinski definition) is 3. The number of aromatic amines is 1. The number of nitrogens with zero attached hydrogens (tertiary/aromatic N) is 3. The molecule has 0 saturated heterocycles. The second kappa shape index (κ2) is 5.03. The van der Waals surface area contributed by atoms with E-state index in [-0.39, 0.29) is 11.9 Å². The van der Waals surface area contributed by atoms with Crippen LogP contribution in [-0.4, -0.2) is 25.7 Å². The van der Waals surface area contributed by atoms with Crippen molar-refractivity contribution in [1.29, 1.82) is 0 Å². The molecule has 0 aromatic carbocycles. The summed E-state index contributed by atoms with van der Waals surface area (Å²) in [7, 11) is 1.81. The average Bonchev–Trinajstić information content (AvgIpc) is 2.96. The minimum absolute atomic E-state index is 0.121. The normalized spacial score (nSPS) is 12.4. The zero-order valence-electron chi connectivity index (χ0n) is 10.8. The smallest absolute Gasteiger partial charge is 0.255 e. The summed E-state index contributed by atoms with van der Waals surface area (Å²) in [6, 6.07) is -0.155. The van der Waals surface area contributed by atoms with Crippen LogP contribution in [0.25, 0.3) is 0 Å². The summed E-state index contributed by atoms with van der Waals surface area (Å²) in [6.07, 6.45) is 5.88. The van der Waals surface area contributed by atoms with Crippen molar-refractivity contribution >= 4 is 5.91 Å². The van der Waals surface area contributed by atoms with E-state index in [4.69, 9.17) is 0 Å². The lowest BCUT2D eigenvalue weighted by atomic mass is 10.2. The summed E-state index contributed by atoms with van der Waals surface area (Å²) < 4.78 is 1.66. The fourth-order valence-corrected chi connectivity index (χ4v) is 1.84. The molecule has 0 fully saturated rings. The average molecular weight is 247 g/mol. The predicted molar refractivity (Wildman–Crippen MR) is 67.1 cm³/mol. The lowest BCUT2D eigenvalue weighted by molar-refractivity contribution is 0.0937. The van der Waals surface area contributed by atoms with E-state index in [0.29, 0.717) is 5.56 Å². The Hall–Kier alpha value is -2.11. The van der Waals surface area contributed by atoms with Crippen LogP contribution in [0, 0.1) is 0 Å². The monoisotopic (exact) mass is 247 g/mol. The Morgan fingerprint density at radius 2 is 2.39 bits per heavy atom. The predicted octanol–water partition coefficient (Wildman–Crippen LogP) is 1.20. The molecule has 0 saturated carbocycles. The van der Waals surface area contributed by atoms with Gasteiger partial charge in [0.05, 0.1) is 17.3 Å². The van der Waals surface area contributed by atoms with Crippen molar-refractivity contribution in [2.45, 2.75) is 26.3 Å². The first kappa shape index (κ1) is 12.3. The van der Waals surface area contributed by atoms with Gasteiger partial charge in [-0.2, -0.15) is 5.10 Å². The molecule has 1 unspecified atom stereocenters. The van der Waals surface area contributed by atoms with Crippen LogP contribution in [0.4, 0.5) is 0 Å². The van der Waals surface area contributed by atoms with Gasteiger partial charge >= 0.3 is 0 Å². The topological polar surface area (TPSA) is 75.6 Å². The minimum atomic E-state index is -0.155. The van der Waals surface area contributed by atoms with Crippen LogP contribution in [0.5, 0.6) is 0 Å². The lowest BCUT2D eigenvalue weighted by Gasteiger charge is -2.10. The number of carbonyl (C=O) groups excluding carboxylic acids is 1. The second-order valence-corrected chi connectivity index (χ2v) is 4.19. The molecule has 2 aromatic heterocycles. The Morgan fingerprint density at radius 3 is 3.00 bits per heavy atom. The van der Waals surface area contributed by atoms with E-state index in [1.165, 1.54) is 0 Å². The molecular weight excluding hydrogens is 230 g/mol. The molecule has 0 radical (unpaired) electrons. The van der Waals surface area contributed by atoms with Crippen LogP contribution in [-0.2, 0) is 13.5 Å². The van der Waals surface area contributed by atoms with E-state index in [1.807, 2.05) is 20.9 Å². The number of carbonyl (C=O) groups is 1. The summed E-state index contributed by atoms with van der Waals surface area (Å²) in [5.74, 6) is 0.620. The second-order valence-electron chi connectivity index (χ2n) is 4.19. The quantitative estimate of drug-likeness (QED) is 0.852. The first-order chi connectivity index (χ1) is 8.61. The van der Waals surface area contributed by atoms with Gasteiger partial charge in [-0.3, -0.25) is 9.48 Å². The molecule has 18 heavy (non-hydrogen) atoms. The van der Waals surface area contributed by atoms with E-state index >= 15 is 0 Å². The van der Waals surface area contributed by atoms with Gasteiger partial charge in [-0.25, -0.2) is 4.98 Å². The Labute approximate surface area is 105 Å². The first-order valence-electron chi connectivity index (χ1n) is 5.94. The number of aryl methyl sites for hydroxylation is 2. The van der Waals surface area contributed by atoms with Crippen molar-refractivity contribution in [3.05, 3.63) is 35.7 Å². The van der Waals surface area contributed by atoms with Gasteiger partial charge in [0.1, 0.15) is 5.82 Å². The molecule has 1 amide bonds. The van der Waals surface area contributed by atoms with E-state index < -0.39 is 0 Å². The Kier molecular flexibility index (Phi) is 3.45. The van der Waals surface area contributed by atoms with Gasteiger partial charge in [-0.1, -0.05) is 6.92 Å². The molecule has 2 heterocycles. The zero-order valence-corrected chi connectivity index (χ0v) is 10.8. The van der Waals surface area contributed by atoms with Gasteiger partial charge in [-0.05, 0) is 13.3 Å². The minimum Gasteiger partial charge on any atom is -0.347 e. The van der Waals surface area contributed by atoms with Crippen molar-refractivity contribution in [3.8, 4) is 0 Å². The molecule has 0 aliphatic carbocycles. The first-order valence-corrected chi connectivity index (χ1v) is 5.94. The number of rotatable bonds is 4. The SMILES string of the molecule is CCc1nn(C)cc1C(=O)NC(C)c1ncc[nH]1. The molecule has 96 valence electrons. The number of amides is 1. The fraction of sp³-hybridized carbons (Fsp3) is 0.417. The van der Waals surface area contributed by atoms with Crippen molar-refractivity contribution in [3.63, 3.8) is 0 Å². The van der Waals surface area contributed by atoms with Crippen molar-refractivity contribution in [2.24, 2.45) is 7.05 Å². The van der Waals surface area contributed by atoms with Gasteiger partial charge in [0.25, 0.3) is 5.91 Å². The van der Waals surface area contributed by atoms with Crippen LogP contribution in [0.3, 0.4) is 0 Å². The summed E-state index contributed by atoms with van der Waals surface area (Å²) in [5.41, 5.74) is 1.43. The maximum Gasteiger partial charge on any atom is 0.255 e. The maximum absolute atomic E-state index is 12.1. The third-order valence-electron chi connectivity index (χ3n) is 2.76. The van der Waals surface area contributed by atoms with E-state index in [2.05, 4.69) is 20.4 Å². The van der Waals surface area contributed by atoms with E-state index in [1.54, 1.807) is 23.3 Å². The molecule has 6 heteroatoms. The van der Waals surface area contributed by atoms with Gasteiger partial charge < -0.3 is 10.3 Å². The molecule has 2 aromatic rings. The molecule has 0 aliphatic rings. The number of H-pyrrole nitrogens is 1. The van der Waals surface area contributed by atoms with Crippen molar-refractivity contribution in [2.75, 3.05) is 0 Å².